The minimum absolute atomic E-state index is 0.118. The smallest absolute Gasteiger partial charge is 0.270 e. The number of nitrogens with one attached hydrogen (secondary N) is 1. The molecule has 0 aromatic heterocycles. The highest BCUT2D eigenvalue weighted by Gasteiger charge is 2.32. The third kappa shape index (κ3) is 3.60. The van der Waals surface area contributed by atoms with Crippen LogP contribution in [0.1, 0.15) is 25.3 Å². The first-order chi connectivity index (χ1) is 10.5. The highest BCUT2D eigenvalue weighted by Crippen LogP contribution is 2.27. The van der Waals surface area contributed by atoms with Gasteiger partial charge in [-0.15, -0.1) is 0 Å². The maximum atomic E-state index is 12.0. The zero-order chi connectivity index (χ0) is 16.2. The van der Waals surface area contributed by atoms with Crippen LogP contribution in [0.25, 0.3) is 0 Å². The van der Waals surface area contributed by atoms with E-state index in [-0.39, 0.29) is 16.4 Å². The zero-order valence-corrected chi connectivity index (χ0v) is 12.9. The van der Waals surface area contributed by atoms with Crippen LogP contribution in [0.4, 0.5) is 5.69 Å². The number of aliphatic imine (C=N–C) groups is 1. The van der Waals surface area contributed by atoms with E-state index < -0.39 is 14.9 Å². The standard InChI is InChI=1S/C13H17N3O5S/c1-2-3-7-21-8-6-14-13-11-5-4-10(16(17)18)9-12(11)22(19,20)15-13/h4-5,9H,2-3,6-8H2,1H3,(H,14,15). The topological polar surface area (TPSA) is 111 Å². The Bertz CT molecular complexity index is 700. The molecule has 9 heteroatoms. The maximum Gasteiger partial charge on any atom is 0.270 e. The molecule has 0 aliphatic carbocycles. The molecule has 22 heavy (non-hydrogen) atoms. The van der Waals surface area contributed by atoms with E-state index >= 15 is 0 Å². The Hall–Kier alpha value is -2.00. The van der Waals surface area contributed by atoms with Crippen LogP contribution in [0.3, 0.4) is 0 Å². The fourth-order valence-electron chi connectivity index (χ4n) is 1.97. The van der Waals surface area contributed by atoms with Crippen molar-refractivity contribution in [1.82, 2.24) is 4.72 Å². The number of hydrogen-bond donors (Lipinski definition) is 1. The van der Waals surface area contributed by atoms with Crippen molar-refractivity contribution >= 4 is 21.5 Å². The van der Waals surface area contributed by atoms with Crippen LogP contribution in [-0.2, 0) is 14.8 Å². The lowest BCUT2D eigenvalue weighted by molar-refractivity contribution is -0.385. The molecule has 8 nitrogen and oxygen atoms in total. The Balaban J connectivity index is 2.13. The second-order valence-corrected chi connectivity index (χ2v) is 6.39. The molecular weight excluding hydrogens is 310 g/mol. The normalized spacial score (nSPS) is 17.2. The summed E-state index contributed by atoms with van der Waals surface area (Å²) in [6.45, 7) is 3.43. The Morgan fingerprint density at radius 1 is 1.36 bits per heavy atom. The van der Waals surface area contributed by atoms with Gasteiger partial charge in [-0.25, -0.2) is 8.42 Å². The number of rotatable bonds is 7. The number of non-ortho nitro benzene ring substituents is 1. The van der Waals surface area contributed by atoms with Gasteiger partial charge in [0.2, 0.25) is 0 Å². The zero-order valence-electron chi connectivity index (χ0n) is 12.1. The summed E-state index contributed by atoms with van der Waals surface area (Å²) < 4.78 is 31.6. The average molecular weight is 327 g/mol. The highest BCUT2D eigenvalue weighted by atomic mass is 32.2. The molecular formula is C13H17N3O5S. The summed E-state index contributed by atoms with van der Waals surface area (Å²) in [7, 11) is -3.79. The molecule has 0 atom stereocenters. The van der Waals surface area contributed by atoms with E-state index in [0.29, 0.717) is 25.3 Å². The quantitative estimate of drug-likeness (QED) is 0.463. The number of sulfonamides is 1. The summed E-state index contributed by atoms with van der Waals surface area (Å²) in [5.74, 6) is 0.198. The van der Waals surface area contributed by atoms with Crippen molar-refractivity contribution in [2.45, 2.75) is 24.7 Å². The Labute approximate surface area is 128 Å². The molecule has 1 aromatic rings. The van der Waals surface area contributed by atoms with Crippen molar-refractivity contribution in [1.29, 1.82) is 0 Å². The fourth-order valence-corrected chi connectivity index (χ4v) is 3.24. The van der Waals surface area contributed by atoms with E-state index in [0.717, 1.165) is 18.9 Å². The minimum Gasteiger partial charge on any atom is -0.380 e. The number of unbranched alkanes of at least 4 members (excludes halogenated alkanes) is 1. The predicted molar refractivity (Wildman–Crippen MR) is 80.5 cm³/mol. The van der Waals surface area contributed by atoms with Gasteiger partial charge in [-0.3, -0.25) is 19.8 Å². The van der Waals surface area contributed by atoms with Crippen LogP contribution >= 0.6 is 0 Å². The van der Waals surface area contributed by atoms with Gasteiger partial charge in [0, 0.05) is 24.3 Å². The van der Waals surface area contributed by atoms with Crippen molar-refractivity contribution in [2.24, 2.45) is 4.99 Å². The van der Waals surface area contributed by atoms with Gasteiger partial charge in [0.15, 0.2) is 0 Å². The molecule has 120 valence electrons. The number of hydrogen-bond acceptors (Lipinski definition) is 6. The van der Waals surface area contributed by atoms with E-state index in [1.807, 2.05) is 0 Å². The lowest BCUT2D eigenvalue weighted by atomic mass is 10.2. The molecule has 1 aromatic carbocycles. The third-order valence-corrected chi connectivity index (χ3v) is 4.48. The molecule has 0 fully saturated rings. The maximum absolute atomic E-state index is 12.0. The summed E-state index contributed by atoms with van der Waals surface area (Å²) in [6.07, 6.45) is 2.01. The fraction of sp³-hybridized carbons (Fsp3) is 0.462. The molecule has 1 N–H and O–H groups in total. The summed E-state index contributed by atoms with van der Waals surface area (Å²) >= 11 is 0. The van der Waals surface area contributed by atoms with Gasteiger partial charge in [-0.2, -0.15) is 0 Å². The molecule has 2 rings (SSSR count). The molecule has 0 bridgehead atoms. The minimum atomic E-state index is -3.79. The lowest BCUT2D eigenvalue weighted by Crippen LogP contribution is -2.22. The van der Waals surface area contributed by atoms with Crippen LogP contribution in [0.15, 0.2) is 28.1 Å². The molecule has 1 aliphatic heterocycles. The number of nitro benzene ring substituents is 1. The third-order valence-electron chi connectivity index (χ3n) is 3.10. The van der Waals surface area contributed by atoms with E-state index in [1.54, 1.807) is 0 Å². The first-order valence-electron chi connectivity index (χ1n) is 6.89. The Morgan fingerprint density at radius 3 is 2.82 bits per heavy atom. The van der Waals surface area contributed by atoms with E-state index in [1.165, 1.54) is 12.1 Å². The van der Waals surface area contributed by atoms with Crippen molar-refractivity contribution in [3.8, 4) is 0 Å². The van der Waals surface area contributed by atoms with Crippen molar-refractivity contribution in [2.75, 3.05) is 19.8 Å². The van der Waals surface area contributed by atoms with Gasteiger partial charge in [0.25, 0.3) is 15.7 Å². The van der Waals surface area contributed by atoms with Crippen molar-refractivity contribution in [3.63, 3.8) is 0 Å². The summed E-state index contributed by atoms with van der Waals surface area (Å²) in [5.41, 5.74) is 0.0763. The number of fused-ring (bicyclic) bond motifs is 1. The van der Waals surface area contributed by atoms with Gasteiger partial charge in [-0.05, 0) is 12.5 Å². The van der Waals surface area contributed by atoms with Crippen molar-refractivity contribution in [3.05, 3.63) is 33.9 Å². The van der Waals surface area contributed by atoms with Crippen LogP contribution in [0.2, 0.25) is 0 Å². The van der Waals surface area contributed by atoms with Crippen LogP contribution < -0.4 is 4.72 Å². The molecule has 1 heterocycles. The number of ether oxygens (including phenoxy) is 1. The van der Waals surface area contributed by atoms with Gasteiger partial charge < -0.3 is 4.74 Å². The summed E-state index contributed by atoms with van der Waals surface area (Å²) in [6, 6.07) is 3.69. The number of nitrogens with zero attached hydrogens (tertiary/aromatic N) is 2. The van der Waals surface area contributed by atoms with E-state index in [2.05, 4.69) is 16.6 Å². The van der Waals surface area contributed by atoms with Crippen LogP contribution in [-0.4, -0.2) is 38.9 Å². The molecule has 0 unspecified atom stereocenters. The molecule has 1 aliphatic rings. The molecule has 0 saturated heterocycles. The average Bonchev–Trinajstić information content (AvgIpc) is 2.73. The number of benzene rings is 1. The van der Waals surface area contributed by atoms with E-state index in [4.69, 9.17) is 4.74 Å². The Kier molecular flexibility index (Phi) is 5.09. The predicted octanol–water partition coefficient (Wildman–Crippen LogP) is 1.45. The first-order valence-corrected chi connectivity index (χ1v) is 8.38. The molecule has 0 amide bonds. The largest absolute Gasteiger partial charge is 0.380 e. The van der Waals surface area contributed by atoms with Gasteiger partial charge in [0.1, 0.15) is 10.7 Å². The SMILES string of the molecule is CCCCOCCN=C1NS(=O)(=O)c2cc([N+](=O)[O-])ccc21. The van der Waals surface area contributed by atoms with Crippen molar-refractivity contribution < 1.29 is 18.1 Å². The number of amidine groups is 1. The van der Waals surface area contributed by atoms with Gasteiger partial charge >= 0.3 is 0 Å². The second-order valence-electron chi connectivity index (χ2n) is 4.74. The van der Waals surface area contributed by atoms with Crippen LogP contribution in [0.5, 0.6) is 0 Å². The Morgan fingerprint density at radius 2 is 2.14 bits per heavy atom. The summed E-state index contributed by atoms with van der Waals surface area (Å²) in [4.78, 5) is 14.1. The first kappa shape index (κ1) is 16.4. The molecule has 0 radical (unpaired) electrons. The highest BCUT2D eigenvalue weighted by molar-refractivity contribution is 7.90. The van der Waals surface area contributed by atoms with E-state index in [9.17, 15) is 18.5 Å². The molecule has 0 saturated carbocycles. The monoisotopic (exact) mass is 327 g/mol. The molecule has 0 spiro atoms. The van der Waals surface area contributed by atoms with Crippen LogP contribution in [0, 0.1) is 10.1 Å². The lowest BCUT2D eigenvalue weighted by Gasteiger charge is -2.01. The number of nitro groups is 1. The second kappa shape index (κ2) is 6.84. The van der Waals surface area contributed by atoms with Gasteiger partial charge in [0.05, 0.1) is 18.1 Å². The summed E-state index contributed by atoms with van der Waals surface area (Å²) in [5, 5.41) is 10.7. The van der Waals surface area contributed by atoms with Gasteiger partial charge in [-0.1, -0.05) is 13.3 Å².